The van der Waals surface area contributed by atoms with Crippen LogP contribution in [-0.4, -0.2) is 19.8 Å². The summed E-state index contributed by atoms with van der Waals surface area (Å²) in [6, 6.07) is 5.21. The number of rotatable bonds is 7. The van der Waals surface area contributed by atoms with Crippen LogP contribution < -0.4 is 5.32 Å². The highest BCUT2D eigenvalue weighted by Gasteiger charge is 2.37. The van der Waals surface area contributed by atoms with Crippen LogP contribution in [0, 0.1) is 18.7 Å². The van der Waals surface area contributed by atoms with Crippen molar-refractivity contribution in [1.82, 2.24) is 5.32 Å². The monoisotopic (exact) mass is 265 g/mol. The van der Waals surface area contributed by atoms with Crippen molar-refractivity contribution in [3.05, 3.63) is 35.1 Å². The number of ether oxygens (including phenoxy) is 1. The first kappa shape index (κ1) is 14.5. The van der Waals surface area contributed by atoms with Gasteiger partial charge in [0.15, 0.2) is 0 Å². The molecule has 0 amide bonds. The molecule has 1 aliphatic rings. The third-order valence-corrected chi connectivity index (χ3v) is 3.87. The van der Waals surface area contributed by atoms with Gasteiger partial charge in [-0.05, 0) is 61.9 Å². The Morgan fingerprint density at radius 1 is 1.42 bits per heavy atom. The lowest BCUT2D eigenvalue weighted by Gasteiger charge is -2.29. The number of hydrogen-bond donors (Lipinski definition) is 1. The van der Waals surface area contributed by atoms with Gasteiger partial charge in [-0.2, -0.15) is 0 Å². The summed E-state index contributed by atoms with van der Waals surface area (Å²) in [6.45, 7) is 5.08. The van der Waals surface area contributed by atoms with Crippen molar-refractivity contribution in [3.63, 3.8) is 0 Å². The molecule has 1 aliphatic carbocycles. The van der Waals surface area contributed by atoms with Crippen molar-refractivity contribution in [2.24, 2.45) is 5.92 Å². The average Bonchev–Trinajstić information content (AvgIpc) is 3.19. The fourth-order valence-corrected chi connectivity index (χ4v) is 2.72. The Balaban J connectivity index is 2.24. The number of aryl methyl sites for hydroxylation is 1. The van der Waals surface area contributed by atoms with Crippen LogP contribution in [0.2, 0.25) is 0 Å². The molecular formula is C16H24FNO. The van der Waals surface area contributed by atoms with Crippen LogP contribution in [-0.2, 0) is 4.74 Å². The smallest absolute Gasteiger partial charge is 0.123 e. The normalized spacial score (nSPS) is 18.3. The van der Waals surface area contributed by atoms with E-state index in [9.17, 15) is 4.39 Å². The molecule has 2 rings (SSSR count). The van der Waals surface area contributed by atoms with Gasteiger partial charge in [0.25, 0.3) is 0 Å². The van der Waals surface area contributed by atoms with Gasteiger partial charge in [0, 0.05) is 7.11 Å². The lowest BCUT2D eigenvalue weighted by atomic mass is 9.94. The van der Waals surface area contributed by atoms with Crippen LogP contribution in [0.1, 0.15) is 43.4 Å². The predicted octanol–water partition coefficient (Wildman–Crippen LogP) is 3.60. The molecule has 19 heavy (non-hydrogen) atoms. The number of halogens is 1. The van der Waals surface area contributed by atoms with E-state index < -0.39 is 0 Å². The zero-order valence-corrected chi connectivity index (χ0v) is 12.1. The molecule has 2 nitrogen and oxygen atoms in total. The fraction of sp³-hybridized carbons (Fsp3) is 0.625. The van der Waals surface area contributed by atoms with Crippen LogP contribution in [0.25, 0.3) is 0 Å². The van der Waals surface area contributed by atoms with Gasteiger partial charge in [0.05, 0.1) is 12.1 Å². The third-order valence-electron chi connectivity index (χ3n) is 3.87. The molecule has 0 spiro atoms. The third kappa shape index (κ3) is 3.54. The Kier molecular flexibility index (Phi) is 4.94. The van der Waals surface area contributed by atoms with E-state index in [-0.39, 0.29) is 18.0 Å². The number of benzene rings is 1. The minimum Gasteiger partial charge on any atom is -0.379 e. The van der Waals surface area contributed by atoms with Crippen LogP contribution in [0.15, 0.2) is 18.2 Å². The van der Waals surface area contributed by atoms with Crippen molar-refractivity contribution in [1.29, 1.82) is 0 Å². The summed E-state index contributed by atoms with van der Waals surface area (Å²) in [5, 5.41) is 3.57. The Morgan fingerprint density at radius 2 is 2.16 bits per heavy atom. The Morgan fingerprint density at radius 3 is 2.68 bits per heavy atom. The molecule has 0 aromatic heterocycles. The lowest BCUT2D eigenvalue weighted by Crippen LogP contribution is -2.35. The number of hydrogen-bond acceptors (Lipinski definition) is 2. The molecule has 1 aromatic carbocycles. The largest absolute Gasteiger partial charge is 0.379 e. The Hall–Kier alpha value is -0.930. The van der Waals surface area contributed by atoms with E-state index in [0.29, 0.717) is 5.92 Å². The summed E-state index contributed by atoms with van der Waals surface area (Å²) >= 11 is 0. The molecule has 0 saturated heterocycles. The van der Waals surface area contributed by atoms with E-state index in [2.05, 4.69) is 12.2 Å². The maximum atomic E-state index is 13.3. The van der Waals surface area contributed by atoms with Gasteiger partial charge < -0.3 is 10.1 Å². The van der Waals surface area contributed by atoms with E-state index in [4.69, 9.17) is 4.74 Å². The second kappa shape index (κ2) is 6.49. The maximum Gasteiger partial charge on any atom is 0.123 e. The first-order valence-electron chi connectivity index (χ1n) is 7.19. The maximum absolute atomic E-state index is 13.3. The lowest BCUT2D eigenvalue weighted by molar-refractivity contribution is 0.0505. The molecule has 2 atom stereocenters. The van der Waals surface area contributed by atoms with Crippen LogP contribution in [0.3, 0.4) is 0 Å². The highest BCUT2D eigenvalue weighted by molar-refractivity contribution is 5.31. The highest BCUT2D eigenvalue weighted by atomic mass is 19.1. The molecule has 0 heterocycles. The van der Waals surface area contributed by atoms with Gasteiger partial charge in [0.2, 0.25) is 0 Å². The molecule has 1 N–H and O–H groups in total. The average molecular weight is 265 g/mol. The van der Waals surface area contributed by atoms with Gasteiger partial charge in [0.1, 0.15) is 5.82 Å². The van der Waals surface area contributed by atoms with Crippen molar-refractivity contribution in [3.8, 4) is 0 Å². The summed E-state index contributed by atoms with van der Waals surface area (Å²) in [5.41, 5.74) is 2.16. The first-order valence-corrected chi connectivity index (χ1v) is 7.19. The van der Waals surface area contributed by atoms with Gasteiger partial charge >= 0.3 is 0 Å². The van der Waals surface area contributed by atoms with E-state index in [1.807, 2.05) is 13.0 Å². The van der Waals surface area contributed by atoms with Gasteiger partial charge in [-0.25, -0.2) is 4.39 Å². The SMILES string of the molecule is CCCNC(c1ccc(F)cc1C)C(OC)C1CC1. The number of methoxy groups -OCH3 is 1. The molecule has 3 heteroatoms. The zero-order chi connectivity index (χ0) is 13.8. The van der Waals surface area contributed by atoms with E-state index in [1.165, 1.54) is 12.8 Å². The van der Waals surface area contributed by atoms with Crippen molar-refractivity contribution < 1.29 is 9.13 Å². The van der Waals surface area contributed by atoms with E-state index in [1.54, 1.807) is 19.2 Å². The summed E-state index contributed by atoms with van der Waals surface area (Å²) in [5.74, 6) is 0.472. The molecule has 1 fully saturated rings. The Bertz CT molecular complexity index is 417. The van der Waals surface area contributed by atoms with Crippen molar-refractivity contribution in [2.75, 3.05) is 13.7 Å². The summed E-state index contributed by atoms with van der Waals surface area (Å²) in [6.07, 6.45) is 3.75. The minimum absolute atomic E-state index is 0.165. The second-order valence-corrected chi connectivity index (χ2v) is 5.47. The topological polar surface area (TPSA) is 21.3 Å². The standard InChI is InChI=1S/C16H24FNO/c1-4-9-18-15(16(19-3)12-5-6-12)14-8-7-13(17)10-11(14)2/h7-8,10,12,15-16,18H,4-6,9H2,1-3H3. The first-order chi connectivity index (χ1) is 9.17. The molecular weight excluding hydrogens is 241 g/mol. The van der Waals surface area contributed by atoms with Crippen LogP contribution in [0.5, 0.6) is 0 Å². The van der Waals surface area contributed by atoms with Crippen molar-refractivity contribution >= 4 is 0 Å². The van der Waals surface area contributed by atoms with E-state index in [0.717, 1.165) is 24.1 Å². The second-order valence-electron chi connectivity index (χ2n) is 5.47. The minimum atomic E-state index is -0.170. The van der Waals surface area contributed by atoms with Gasteiger partial charge in [-0.3, -0.25) is 0 Å². The zero-order valence-electron chi connectivity index (χ0n) is 12.1. The Labute approximate surface area is 115 Å². The quantitative estimate of drug-likeness (QED) is 0.813. The summed E-state index contributed by atoms with van der Waals surface area (Å²) < 4.78 is 19.0. The summed E-state index contributed by atoms with van der Waals surface area (Å²) in [4.78, 5) is 0. The highest BCUT2D eigenvalue weighted by Crippen LogP contribution is 2.40. The van der Waals surface area contributed by atoms with Gasteiger partial charge in [-0.15, -0.1) is 0 Å². The van der Waals surface area contributed by atoms with Crippen LogP contribution >= 0.6 is 0 Å². The predicted molar refractivity (Wildman–Crippen MR) is 75.7 cm³/mol. The fourth-order valence-electron chi connectivity index (χ4n) is 2.72. The van der Waals surface area contributed by atoms with Crippen LogP contribution in [0.4, 0.5) is 4.39 Å². The molecule has 0 bridgehead atoms. The molecule has 0 radical (unpaired) electrons. The molecule has 2 unspecified atom stereocenters. The molecule has 0 aliphatic heterocycles. The molecule has 106 valence electrons. The van der Waals surface area contributed by atoms with Crippen molar-refractivity contribution in [2.45, 2.75) is 45.3 Å². The van der Waals surface area contributed by atoms with Gasteiger partial charge in [-0.1, -0.05) is 13.0 Å². The summed E-state index contributed by atoms with van der Waals surface area (Å²) in [7, 11) is 1.78. The van der Waals surface area contributed by atoms with E-state index >= 15 is 0 Å². The molecule has 1 saturated carbocycles. The molecule has 1 aromatic rings. The number of nitrogens with one attached hydrogen (secondary N) is 1.